The molecule has 2 heterocycles. The molecule has 2 aliphatic carbocycles. The number of hydrogen-bond acceptors (Lipinski definition) is 5. The number of rotatable bonds is 8. The Morgan fingerprint density at radius 1 is 0.737 bits per heavy atom. The number of fused-ring (bicyclic) bond motifs is 3. The van der Waals surface area contributed by atoms with Gasteiger partial charge in [0.15, 0.2) is 0 Å². The van der Waals surface area contributed by atoms with Gasteiger partial charge in [-0.3, -0.25) is 0 Å². The van der Waals surface area contributed by atoms with Crippen LogP contribution in [-0.2, 0) is 5.41 Å². The van der Waals surface area contributed by atoms with Gasteiger partial charge in [-0.25, -0.2) is 0 Å². The minimum atomic E-state index is -0.0238. The summed E-state index contributed by atoms with van der Waals surface area (Å²) in [5.74, 6) is 0. The van der Waals surface area contributed by atoms with E-state index >= 15 is 0 Å². The fourth-order valence-electron chi connectivity index (χ4n) is 7.58. The van der Waals surface area contributed by atoms with Crippen LogP contribution in [0.1, 0.15) is 57.6 Å². The Balaban J connectivity index is 0.000000442. The van der Waals surface area contributed by atoms with Crippen LogP contribution >= 0.6 is 0 Å². The summed E-state index contributed by atoms with van der Waals surface area (Å²) < 4.78 is 0. The molecule has 288 valence electrons. The van der Waals surface area contributed by atoms with Crippen LogP contribution in [0.25, 0.3) is 5.70 Å². The van der Waals surface area contributed by atoms with Crippen molar-refractivity contribution in [1.29, 1.82) is 0 Å². The second-order valence-electron chi connectivity index (χ2n) is 14.5. The minimum absolute atomic E-state index is 0.0238. The summed E-state index contributed by atoms with van der Waals surface area (Å²) in [7, 11) is 0. The summed E-state index contributed by atoms with van der Waals surface area (Å²) >= 11 is 0. The van der Waals surface area contributed by atoms with Gasteiger partial charge in [0.05, 0.1) is 28.5 Å². The van der Waals surface area contributed by atoms with Crippen molar-refractivity contribution >= 4 is 39.8 Å². The highest BCUT2D eigenvalue weighted by molar-refractivity contribution is 5.86. The van der Waals surface area contributed by atoms with Crippen molar-refractivity contribution in [3.63, 3.8) is 0 Å². The van der Waals surface area contributed by atoms with Crippen LogP contribution in [0.4, 0.5) is 34.1 Å². The fraction of sp³-hybridized carbons (Fsp3) is 0.154. The number of nitrogens with zero attached hydrogens (tertiary/aromatic N) is 2. The SMILES string of the molecule is C=C/C=C\C.C=C/C=C\C=C.CC1(C)C2=CCCC=C2N(c2ccc(N/C=C(\N)c3ccc(N4C5=C(CCC=C5)Nc5ccccc54)cc3)cc2)c2ccccc21. The van der Waals surface area contributed by atoms with Crippen LogP contribution in [0.15, 0.2) is 212 Å². The molecule has 4 aromatic rings. The highest BCUT2D eigenvalue weighted by Crippen LogP contribution is 2.51. The highest BCUT2D eigenvalue weighted by Gasteiger charge is 2.39. The monoisotopic (exact) mass is 749 g/mol. The summed E-state index contributed by atoms with van der Waals surface area (Å²) in [5, 5.41) is 7.07. The average molecular weight is 750 g/mol. The molecule has 5 nitrogen and oxygen atoms in total. The summed E-state index contributed by atoms with van der Waals surface area (Å²) in [4.78, 5) is 4.75. The van der Waals surface area contributed by atoms with Gasteiger partial charge in [-0.15, -0.1) is 0 Å². The maximum absolute atomic E-state index is 6.59. The largest absolute Gasteiger partial charge is 0.397 e. The molecule has 0 unspecified atom stereocenters. The zero-order valence-electron chi connectivity index (χ0n) is 33.6. The number of nitrogens with two attached hydrogens (primary N) is 1. The van der Waals surface area contributed by atoms with Gasteiger partial charge < -0.3 is 26.2 Å². The number of anilines is 6. The zero-order chi connectivity index (χ0) is 40.2. The minimum Gasteiger partial charge on any atom is -0.397 e. The molecule has 0 saturated carbocycles. The summed E-state index contributed by atoms with van der Waals surface area (Å²) in [6.07, 6.45) is 28.1. The van der Waals surface area contributed by atoms with Gasteiger partial charge in [-0.2, -0.15) is 0 Å². The molecule has 0 fully saturated rings. The Morgan fingerprint density at radius 2 is 1.37 bits per heavy atom. The van der Waals surface area contributed by atoms with E-state index in [0.29, 0.717) is 5.70 Å². The van der Waals surface area contributed by atoms with Crippen LogP contribution in [0.5, 0.6) is 0 Å². The third kappa shape index (κ3) is 8.90. The lowest BCUT2D eigenvalue weighted by molar-refractivity contribution is 0.603. The lowest BCUT2D eigenvalue weighted by atomic mass is 9.70. The molecule has 0 saturated heterocycles. The van der Waals surface area contributed by atoms with Crippen molar-refractivity contribution < 1.29 is 0 Å². The maximum atomic E-state index is 6.59. The first-order valence-corrected chi connectivity index (χ1v) is 19.8. The molecule has 0 radical (unpaired) electrons. The lowest BCUT2D eigenvalue weighted by Gasteiger charge is -2.45. The smallest absolute Gasteiger partial charge is 0.0697 e. The van der Waals surface area contributed by atoms with Crippen molar-refractivity contribution in [2.24, 2.45) is 5.73 Å². The number of nitrogens with one attached hydrogen (secondary N) is 2. The highest BCUT2D eigenvalue weighted by atomic mass is 15.2. The van der Waals surface area contributed by atoms with Crippen LogP contribution in [0.3, 0.4) is 0 Å². The molecule has 2 aliphatic heterocycles. The van der Waals surface area contributed by atoms with E-state index in [-0.39, 0.29) is 5.41 Å². The summed E-state index contributed by atoms with van der Waals surface area (Å²) in [6, 6.07) is 34.4. The molecule has 0 atom stereocenters. The average Bonchev–Trinajstić information content (AvgIpc) is 3.25. The van der Waals surface area contributed by atoms with Gasteiger partial charge in [-0.05, 0) is 110 Å². The van der Waals surface area contributed by atoms with Crippen molar-refractivity contribution in [2.45, 2.75) is 51.9 Å². The molecule has 0 aromatic heterocycles. The Kier molecular flexibility index (Phi) is 13.1. The van der Waals surface area contributed by atoms with Gasteiger partial charge in [0.1, 0.15) is 0 Å². The third-order valence-corrected chi connectivity index (χ3v) is 10.4. The van der Waals surface area contributed by atoms with Gasteiger partial charge in [-0.1, -0.05) is 137 Å². The lowest BCUT2D eigenvalue weighted by Crippen LogP contribution is -2.36. The Labute approximate surface area is 340 Å². The van der Waals surface area contributed by atoms with Gasteiger partial charge in [0.25, 0.3) is 0 Å². The first-order chi connectivity index (χ1) is 27.8. The van der Waals surface area contributed by atoms with Crippen LogP contribution < -0.4 is 26.2 Å². The molecular formula is C52H55N5. The molecule has 0 spiro atoms. The summed E-state index contributed by atoms with van der Waals surface area (Å²) in [5.41, 5.74) is 21.6. The molecular weight excluding hydrogens is 695 g/mol. The second-order valence-corrected chi connectivity index (χ2v) is 14.5. The van der Waals surface area contributed by atoms with Gasteiger partial charge in [0, 0.05) is 40.1 Å². The number of allylic oxidation sites excluding steroid dienone is 13. The van der Waals surface area contributed by atoms with E-state index in [0.717, 1.165) is 59.7 Å². The fourth-order valence-corrected chi connectivity index (χ4v) is 7.58. The van der Waals surface area contributed by atoms with Crippen molar-refractivity contribution in [3.8, 4) is 0 Å². The van der Waals surface area contributed by atoms with Gasteiger partial charge >= 0.3 is 0 Å². The second kappa shape index (κ2) is 18.7. The Morgan fingerprint density at radius 3 is 2.05 bits per heavy atom. The first-order valence-electron chi connectivity index (χ1n) is 19.8. The zero-order valence-corrected chi connectivity index (χ0v) is 33.6. The molecule has 4 aliphatic rings. The van der Waals surface area contributed by atoms with Gasteiger partial charge in [0.2, 0.25) is 0 Å². The molecule has 4 N–H and O–H groups in total. The van der Waals surface area contributed by atoms with E-state index in [2.05, 4.69) is 175 Å². The van der Waals surface area contributed by atoms with Crippen LogP contribution in [-0.4, -0.2) is 0 Å². The maximum Gasteiger partial charge on any atom is 0.0697 e. The Bertz CT molecular complexity index is 2280. The third-order valence-electron chi connectivity index (χ3n) is 10.4. The van der Waals surface area contributed by atoms with Crippen LogP contribution in [0, 0.1) is 0 Å². The van der Waals surface area contributed by atoms with Crippen molar-refractivity contribution in [3.05, 3.63) is 224 Å². The van der Waals surface area contributed by atoms with E-state index < -0.39 is 0 Å². The molecule has 0 bridgehead atoms. The standard InChI is InChI=1S/C41H39N5.C6H8.C5H8/c1-41(2)32-11-3-7-15-37(32)45(38-16-8-4-12-33(38)41)31-25-21-29(22-26-31)43-27-34(42)28-19-23-30(24-20-28)46-39-17-9-5-13-35(39)44-36-14-6-10-18-40(36)46;1-3-5-6-4-2;1-3-5-4-2/h3,5,7,9-13,15-27,43-44H,4,6,8,14,42H2,1-2H3;3-6H,1-2H2;3-5H,1H2,2H3/b34-27-;6-5-;5-4-. The predicted molar refractivity (Wildman–Crippen MR) is 248 cm³/mol. The van der Waals surface area contributed by atoms with E-state index in [9.17, 15) is 0 Å². The van der Waals surface area contributed by atoms with E-state index in [1.165, 1.54) is 33.9 Å². The van der Waals surface area contributed by atoms with E-state index in [1.807, 2.05) is 37.4 Å². The van der Waals surface area contributed by atoms with E-state index in [1.54, 1.807) is 18.2 Å². The molecule has 8 rings (SSSR count). The van der Waals surface area contributed by atoms with E-state index in [4.69, 9.17) is 5.73 Å². The Hall–Kier alpha value is -6.72. The number of hydrogen-bond donors (Lipinski definition) is 3. The number of benzene rings is 4. The van der Waals surface area contributed by atoms with Crippen molar-refractivity contribution in [2.75, 3.05) is 20.4 Å². The first kappa shape index (κ1) is 40.0. The summed E-state index contributed by atoms with van der Waals surface area (Å²) in [6.45, 7) is 17.0. The quantitative estimate of drug-likeness (QED) is 0.157. The predicted octanol–water partition coefficient (Wildman–Crippen LogP) is 13.9. The topological polar surface area (TPSA) is 56.6 Å². The van der Waals surface area contributed by atoms with Crippen LogP contribution in [0.2, 0.25) is 0 Å². The molecule has 0 amide bonds. The molecule has 5 heteroatoms. The number of para-hydroxylation sites is 3. The molecule has 4 aromatic carbocycles. The van der Waals surface area contributed by atoms with Crippen molar-refractivity contribution in [1.82, 2.24) is 0 Å². The normalized spacial score (nSPS) is 16.2. The molecule has 57 heavy (non-hydrogen) atoms.